The summed E-state index contributed by atoms with van der Waals surface area (Å²) in [6, 6.07) is 0. The molecule has 0 aromatic heterocycles. The van der Waals surface area contributed by atoms with Crippen molar-refractivity contribution in [3.05, 3.63) is 12.2 Å². The quantitative estimate of drug-likeness (QED) is 0.732. The number of hydrogen-bond donors (Lipinski definition) is 0. The molecule has 3 aliphatic rings. The minimum atomic E-state index is -0.466. The van der Waals surface area contributed by atoms with E-state index in [0.29, 0.717) is 0 Å². The zero-order valence-electron chi connectivity index (χ0n) is 12.3. The molecule has 20 heavy (non-hydrogen) atoms. The number of fused-ring (bicyclic) bond motifs is 2. The third-order valence-corrected chi connectivity index (χ3v) is 4.87. The first kappa shape index (κ1) is 14.8. The van der Waals surface area contributed by atoms with Crippen LogP contribution in [-0.2, 0) is 19.2 Å². The van der Waals surface area contributed by atoms with E-state index in [2.05, 4.69) is 0 Å². The van der Waals surface area contributed by atoms with Crippen LogP contribution in [0.1, 0.15) is 27.7 Å². The maximum absolute atomic E-state index is 12.0. The van der Waals surface area contributed by atoms with Crippen molar-refractivity contribution in [2.24, 2.45) is 35.5 Å². The van der Waals surface area contributed by atoms with Crippen LogP contribution in [0, 0.1) is 35.5 Å². The van der Waals surface area contributed by atoms with Gasteiger partial charge in [-0.3, -0.25) is 19.2 Å². The number of hydrogen-bond acceptors (Lipinski definition) is 4. The van der Waals surface area contributed by atoms with Crippen molar-refractivity contribution < 1.29 is 19.2 Å². The van der Waals surface area contributed by atoms with Gasteiger partial charge in [0.2, 0.25) is 0 Å². The largest absolute Gasteiger partial charge is 0.300 e. The predicted octanol–water partition coefficient (Wildman–Crippen LogP) is 1.62. The van der Waals surface area contributed by atoms with E-state index in [9.17, 15) is 19.2 Å². The summed E-state index contributed by atoms with van der Waals surface area (Å²) in [5, 5.41) is 0. The lowest BCUT2D eigenvalue weighted by molar-refractivity contribution is -0.150. The molecule has 1 saturated carbocycles. The van der Waals surface area contributed by atoms with Crippen LogP contribution in [0.3, 0.4) is 0 Å². The molecule has 0 saturated heterocycles. The predicted molar refractivity (Wildman–Crippen MR) is 72.8 cm³/mol. The number of carbonyl (C=O) groups excluding carboxylic acids is 4. The van der Waals surface area contributed by atoms with Gasteiger partial charge in [-0.1, -0.05) is 12.2 Å². The lowest BCUT2D eigenvalue weighted by Crippen LogP contribution is -2.56. The van der Waals surface area contributed by atoms with Crippen molar-refractivity contribution in [3.8, 4) is 0 Å². The Morgan fingerprint density at radius 2 is 0.750 bits per heavy atom. The Bertz CT molecular complexity index is 431. The molecule has 0 aromatic carbocycles. The van der Waals surface area contributed by atoms with Crippen LogP contribution in [0.5, 0.6) is 0 Å². The molecule has 4 nitrogen and oxygen atoms in total. The van der Waals surface area contributed by atoms with Crippen LogP contribution in [0.4, 0.5) is 0 Å². The molecular weight excluding hydrogens is 256 g/mol. The Morgan fingerprint density at radius 3 is 0.900 bits per heavy atom. The standard InChI is InChI=1S/C16H20O4/c1-7(17)13-11-5-6-12(14(13)8(2)18)16(10(4)20)15(11)9(3)19/h5-6,11-16H,1-4H3. The smallest absolute Gasteiger partial charge is 0.134 e. The molecule has 2 bridgehead atoms. The van der Waals surface area contributed by atoms with Gasteiger partial charge in [0.15, 0.2) is 0 Å². The van der Waals surface area contributed by atoms with E-state index in [0.717, 1.165) is 0 Å². The highest BCUT2D eigenvalue weighted by atomic mass is 16.1. The Balaban J connectivity index is 2.56. The highest BCUT2D eigenvalue weighted by Crippen LogP contribution is 2.52. The lowest BCUT2D eigenvalue weighted by Gasteiger charge is -2.50. The van der Waals surface area contributed by atoms with Gasteiger partial charge in [0.25, 0.3) is 0 Å². The Morgan fingerprint density at radius 1 is 0.550 bits per heavy atom. The average molecular weight is 276 g/mol. The SMILES string of the molecule is CC(=O)C1C2C=CC(C1C(C)=O)C(C(C)=O)C2C(C)=O. The summed E-state index contributed by atoms with van der Waals surface area (Å²) in [5.74, 6) is -2.79. The third-order valence-electron chi connectivity index (χ3n) is 4.87. The van der Waals surface area contributed by atoms with Crippen LogP contribution in [0.25, 0.3) is 0 Å². The third kappa shape index (κ3) is 2.07. The summed E-state index contributed by atoms with van der Waals surface area (Å²) in [6.45, 7) is 5.87. The van der Waals surface area contributed by atoms with E-state index in [1.165, 1.54) is 27.7 Å². The van der Waals surface area contributed by atoms with Gasteiger partial charge in [0, 0.05) is 23.7 Å². The van der Waals surface area contributed by atoms with E-state index in [-0.39, 0.29) is 35.0 Å². The van der Waals surface area contributed by atoms with Gasteiger partial charge in [0.05, 0.1) is 0 Å². The first-order valence-electron chi connectivity index (χ1n) is 6.97. The van der Waals surface area contributed by atoms with Gasteiger partial charge in [-0.2, -0.15) is 0 Å². The van der Waals surface area contributed by atoms with Crippen molar-refractivity contribution >= 4 is 23.1 Å². The maximum Gasteiger partial charge on any atom is 0.134 e. The topological polar surface area (TPSA) is 68.3 Å². The second-order valence-electron chi connectivity index (χ2n) is 6.09. The number of allylic oxidation sites excluding steroid dienone is 2. The molecule has 4 unspecified atom stereocenters. The highest BCUT2D eigenvalue weighted by Gasteiger charge is 2.57. The van der Waals surface area contributed by atoms with Crippen LogP contribution >= 0.6 is 0 Å². The summed E-state index contributed by atoms with van der Waals surface area (Å²) >= 11 is 0. The summed E-state index contributed by atoms with van der Waals surface area (Å²) in [6.07, 6.45) is 3.73. The van der Waals surface area contributed by atoms with E-state index >= 15 is 0 Å². The Hall–Kier alpha value is -1.58. The van der Waals surface area contributed by atoms with Crippen molar-refractivity contribution in [1.29, 1.82) is 0 Å². The fourth-order valence-corrected chi connectivity index (χ4v) is 4.24. The van der Waals surface area contributed by atoms with Gasteiger partial charge in [-0.25, -0.2) is 0 Å². The summed E-state index contributed by atoms with van der Waals surface area (Å²) in [7, 11) is 0. The van der Waals surface area contributed by atoms with E-state index in [1.54, 1.807) is 0 Å². The van der Waals surface area contributed by atoms with Crippen LogP contribution < -0.4 is 0 Å². The first-order chi connectivity index (χ1) is 9.27. The Labute approximate surface area is 118 Å². The minimum Gasteiger partial charge on any atom is -0.300 e. The monoisotopic (exact) mass is 276 g/mol. The fourth-order valence-electron chi connectivity index (χ4n) is 4.24. The molecule has 0 aromatic rings. The minimum absolute atomic E-state index is 0.0715. The maximum atomic E-state index is 12.0. The molecule has 4 atom stereocenters. The molecule has 0 radical (unpaired) electrons. The van der Waals surface area contributed by atoms with Crippen LogP contribution in [-0.4, -0.2) is 23.1 Å². The van der Waals surface area contributed by atoms with Crippen LogP contribution in [0.15, 0.2) is 12.2 Å². The zero-order chi connectivity index (χ0) is 15.2. The van der Waals surface area contributed by atoms with Crippen LogP contribution in [0.2, 0.25) is 0 Å². The average Bonchev–Trinajstić information content (AvgIpc) is 2.36. The zero-order valence-corrected chi connectivity index (χ0v) is 12.3. The van der Waals surface area contributed by atoms with Crippen molar-refractivity contribution in [2.75, 3.05) is 0 Å². The van der Waals surface area contributed by atoms with E-state index in [4.69, 9.17) is 0 Å². The molecule has 108 valence electrons. The highest BCUT2D eigenvalue weighted by molar-refractivity contribution is 5.94. The molecule has 0 spiro atoms. The summed E-state index contributed by atoms with van der Waals surface area (Å²) in [5.41, 5.74) is 0. The molecule has 3 aliphatic carbocycles. The number of rotatable bonds is 4. The first-order valence-corrected chi connectivity index (χ1v) is 6.97. The molecule has 1 fully saturated rings. The van der Waals surface area contributed by atoms with Gasteiger partial charge in [0.1, 0.15) is 23.1 Å². The normalized spacial score (nSPS) is 38.6. The number of ketones is 4. The summed E-state index contributed by atoms with van der Waals surface area (Å²) in [4.78, 5) is 47.9. The second-order valence-corrected chi connectivity index (χ2v) is 6.09. The Kier molecular flexibility index (Phi) is 3.76. The molecule has 4 heteroatoms. The lowest BCUT2D eigenvalue weighted by atomic mass is 9.50. The molecule has 0 N–H and O–H groups in total. The van der Waals surface area contributed by atoms with Gasteiger partial charge in [-0.15, -0.1) is 0 Å². The second kappa shape index (κ2) is 5.08. The van der Waals surface area contributed by atoms with Crippen molar-refractivity contribution in [3.63, 3.8) is 0 Å². The molecular formula is C16H20O4. The van der Waals surface area contributed by atoms with Gasteiger partial charge < -0.3 is 0 Å². The van der Waals surface area contributed by atoms with E-state index in [1.807, 2.05) is 12.2 Å². The number of Topliss-reactive ketones (excluding diaryl/α,β-unsaturated/α-hetero) is 4. The fraction of sp³-hybridized carbons (Fsp3) is 0.625. The van der Waals surface area contributed by atoms with E-state index < -0.39 is 23.7 Å². The van der Waals surface area contributed by atoms with Crippen molar-refractivity contribution in [1.82, 2.24) is 0 Å². The molecule has 0 heterocycles. The number of carbonyl (C=O) groups is 4. The summed E-state index contributed by atoms with van der Waals surface area (Å²) < 4.78 is 0. The molecule has 3 rings (SSSR count). The van der Waals surface area contributed by atoms with Crippen molar-refractivity contribution in [2.45, 2.75) is 27.7 Å². The molecule has 0 aliphatic heterocycles. The molecule has 0 amide bonds. The van der Waals surface area contributed by atoms with Gasteiger partial charge in [-0.05, 0) is 39.5 Å². The van der Waals surface area contributed by atoms with Gasteiger partial charge >= 0.3 is 0 Å².